The van der Waals surface area contributed by atoms with Gasteiger partial charge in [0, 0.05) is 7.11 Å². The summed E-state index contributed by atoms with van der Waals surface area (Å²) in [5.74, 6) is -0.346. The molecule has 16 heavy (non-hydrogen) atoms. The topological polar surface area (TPSA) is 48.4 Å². The van der Waals surface area contributed by atoms with Crippen LogP contribution in [0, 0.1) is 0 Å². The van der Waals surface area contributed by atoms with Crippen molar-refractivity contribution in [2.24, 2.45) is 0 Å². The van der Waals surface area contributed by atoms with Gasteiger partial charge in [-0.3, -0.25) is 0 Å². The maximum atomic E-state index is 11.3. The third kappa shape index (κ3) is 2.25. The zero-order valence-corrected chi connectivity index (χ0v) is 10.9. The van der Waals surface area contributed by atoms with Crippen LogP contribution in [0.1, 0.15) is 41.4 Å². The van der Waals surface area contributed by atoms with Gasteiger partial charge in [-0.1, -0.05) is 13.8 Å². The van der Waals surface area contributed by atoms with Gasteiger partial charge in [-0.25, -0.2) is 9.78 Å². The van der Waals surface area contributed by atoms with Gasteiger partial charge < -0.3 is 9.47 Å². The third-order valence-electron chi connectivity index (χ3n) is 2.81. The van der Waals surface area contributed by atoms with Gasteiger partial charge in [-0.15, -0.1) is 11.3 Å². The Bertz CT molecular complexity index is 350. The number of esters is 1. The molecule has 0 aliphatic heterocycles. The van der Waals surface area contributed by atoms with E-state index in [1.165, 1.54) is 18.4 Å². The molecular formula is C11H17NO3S. The van der Waals surface area contributed by atoms with Crippen molar-refractivity contribution in [3.05, 3.63) is 16.1 Å². The van der Waals surface area contributed by atoms with Crippen molar-refractivity contribution in [1.82, 2.24) is 4.98 Å². The molecule has 0 saturated carbocycles. The van der Waals surface area contributed by atoms with Crippen molar-refractivity contribution in [1.29, 1.82) is 0 Å². The van der Waals surface area contributed by atoms with Crippen molar-refractivity contribution in [2.75, 3.05) is 14.2 Å². The molecule has 0 aromatic carbocycles. The van der Waals surface area contributed by atoms with Crippen LogP contribution in [0.5, 0.6) is 0 Å². The number of aromatic nitrogens is 1. The zero-order valence-electron chi connectivity index (χ0n) is 10.1. The maximum Gasteiger partial charge on any atom is 0.349 e. The molecule has 90 valence electrons. The van der Waals surface area contributed by atoms with E-state index in [4.69, 9.17) is 4.74 Å². The average Bonchev–Trinajstić information content (AvgIpc) is 2.81. The predicted octanol–water partition coefficient (Wildman–Crippen LogP) is 2.59. The van der Waals surface area contributed by atoms with E-state index < -0.39 is 0 Å². The SMILES string of the molecule is CCC(CC)(OC)c1ncc(C(=O)OC)s1. The van der Waals surface area contributed by atoms with Gasteiger partial charge in [0.2, 0.25) is 0 Å². The van der Waals surface area contributed by atoms with E-state index in [0.717, 1.165) is 17.8 Å². The summed E-state index contributed by atoms with van der Waals surface area (Å²) in [5.41, 5.74) is -0.378. The van der Waals surface area contributed by atoms with E-state index in [2.05, 4.69) is 9.72 Å². The Morgan fingerprint density at radius 3 is 2.50 bits per heavy atom. The number of nitrogens with zero attached hydrogens (tertiary/aromatic N) is 1. The van der Waals surface area contributed by atoms with Gasteiger partial charge in [0.1, 0.15) is 15.5 Å². The number of hydrogen-bond donors (Lipinski definition) is 0. The van der Waals surface area contributed by atoms with Gasteiger partial charge in [0.05, 0.1) is 13.3 Å². The number of ether oxygens (including phenoxy) is 2. The summed E-state index contributed by atoms with van der Waals surface area (Å²) in [7, 11) is 3.04. The molecule has 0 aliphatic rings. The van der Waals surface area contributed by atoms with Crippen LogP contribution in [0.2, 0.25) is 0 Å². The standard InChI is InChI=1S/C11H17NO3S/c1-5-11(6-2,15-4)10-12-7-8(16-10)9(13)14-3/h7H,5-6H2,1-4H3. The Balaban J connectivity index is 3.03. The minimum Gasteiger partial charge on any atom is -0.465 e. The smallest absolute Gasteiger partial charge is 0.349 e. The fraction of sp³-hybridized carbons (Fsp3) is 0.636. The minimum absolute atomic E-state index is 0.346. The van der Waals surface area contributed by atoms with Crippen molar-refractivity contribution < 1.29 is 14.3 Å². The molecule has 0 aliphatic carbocycles. The van der Waals surface area contributed by atoms with Gasteiger partial charge in [0.15, 0.2) is 0 Å². The van der Waals surface area contributed by atoms with Gasteiger partial charge in [0.25, 0.3) is 0 Å². The van der Waals surface area contributed by atoms with Crippen LogP contribution in [-0.2, 0) is 15.1 Å². The molecule has 0 N–H and O–H groups in total. The highest BCUT2D eigenvalue weighted by molar-refractivity contribution is 7.13. The molecule has 0 unspecified atom stereocenters. The van der Waals surface area contributed by atoms with E-state index in [9.17, 15) is 4.79 Å². The van der Waals surface area contributed by atoms with E-state index in [-0.39, 0.29) is 11.6 Å². The summed E-state index contributed by atoms with van der Waals surface area (Å²) in [6.45, 7) is 4.10. The Labute approximate surface area is 99.6 Å². The first-order chi connectivity index (χ1) is 7.63. The molecule has 5 heteroatoms. The first-order valence-corrected chi connectivity index (χ1v) is 6.05. The Hall–Kier alpha value is -0.940. The van der Waals surface area contributed by atoms with Crippen LogP contribution in [-0.4, -0.2) is 25.2 Å². The predicted molar refractivity (Wildman–Crippen MR) is 62.7 cm³/mol. The second-order valence-electron chi connectivity index (χ2n) is 3.43. The fourth-order valence-corrected chi connectivity index (χ4v) is 2.75. The van der Waals surface area contributed by atoms with Crippen LogP contribution in [0.15, 0.2) is 6.20 Å². The molecule has 0 bridgehead atoms. The molecule has 0 fully saturated rings. The van der Waals surface area contributed by atoms with Crippen molar-refractivity contribution >= 4 is 17.3 Å². The van der Waals surface area contributed by atoms with Gasteiger partial charge >= 0.3 is 5.97 Å². The molecule has 0 radical (unpaired) electrons. The molecule has 0 amide bonds. The quantitative estimate of drug-likeness (QED) is 0.746. The maximum absolute atomic E-state index is 11.3. The summed E-state index contributed by atoms with van der Waals surface area (Å²) >= 11 is 1.34. The highest BCUT2D eigenvalue weighted by Gasteiger charge is 2.32. The second-order valence-corrected chi connectivity index (χ2v) is 4.46. The molecule has 1 heterocycles. The van der Waals surface area contributed by atoms with Crippen LogP contribution in [0.4, 0.5) is 0 Å². The lowest BCUT2D eigenvalue weighted by Crippen LogP contribution is -2.26. The second kappa shape index (κ2) is 5.41. The normalized spacial score (nSPS) is 11.5. The number of methoxy groups -OCH3 is 2. The summed E-state index contributed by atoms with van der Waals surface area (Å²) in [6.07, 6.45) is 3.20. The van der Waals surface area contributed by atoms with Crippen molar-refractivity contribution in [3.8, 4) is 0 Å². The largest absolute Gasteiger partial charge is 0.465 e. The van der Waals surface area contributed by atoms with E-state index in [1.54, 1.807) is 13.3 Å². The average molecular weight is 243 g/mol. The van der Waals surface area contributed by atoms with Crippen LogP contribution < -0.4 is 0 Å². The summed E-state index contributed by atoms with van der Waals surface area (Å²) in [5, 5.41) is 0.834. The lowest BCUT2D eigenvalue weighted by Gasteiger charge is -2.27. The molecule has 0 atom stereocenters. The Morgan fingerprint density at radius 1 is 1.44 bits per heavy atom. The molecule has 0 saturated heterocycles. The molecule has 1 rings (SSSR count). The minimum atomic E-state index is -0.378. The first-order valence-electron chi connectivity index (χ1n) is 5.23. The summed E-state index contributed by atoms with van der Waals surface area (Å²) < 4.78 is 10.2. The van der Waals surface area contributed by atoms with Crippen LogP contribution in [0.3, 0.4) is 0 Å². The monoisotopic (exact) mass is 243 g/mol. The van der Waals surface area contributed by atoms with E-state index in [1.807, 2.05) is 13.8 Å². The first kappa shape index (κ1) is 13.1. The number of thiazole rings is 1. The van der Waals surface area contributed by atoms with Crippen LogP contribution in [0.25, 0.3) is 0 Å². The number of carbonyl (C=O) groups excluding carboxylic acids is 1. The lowest BCUT2D eigenvalue weighted by atomic mass is 9.98. The molecule has 4 nitrogen and oxygen atoms in total. The highest BCUT2D eigenvalue weighted by Crippen LogP contribution is 2.35. The molecule has 1 aromatic rings. The van der Waals surface area contributed by atoms with E-state index >= 15 is 0 Å². The molecule has 0 spiro atoms. The molecule has 1 aromatic heterocycles. The van der Waals surface area contributed by atoms with Crippen molar-refractivity contribution in [3.63, 3.8) is 0 Å². The summed E-state index contributed by atoms with van der Waals surface area (Å²) in [4.78, 5) is 16.1. The lowest BCUT2D eigenvalue weighted by molar-refractivity contribution is -0.0218. The number of hydrogen-bond acceptors (Lipinski definition) is 5. The Morgan fingerprint density at radius 2 is 2.06 bits per heavy atom. The zero-order chi connectivity index (χ0) is 12.2. The van der Waals surface area contributed by atoms with E-state index in [0.29, 0.717) is 4.88 Å². The van der Waals surface area contributed by atoms with Crippen molar-refractivity contribution in [2.45, 2.75) is 32.3 Å². The molecular weight excluding hydrogens is 226 g/mol. The Kier molecular flexibility index (Phi) is 4.44. The highest BCUT2D eigenvalue weighted by atomic mass is 32.1. The van der Waals surface area contributed by atoms with Gasteiger partial charge in [-0.05, 0) is 12.8 Å². The van der Waals surface area contributed by atoms with Gasteiger partial charge in [-0.2, -0.15) is 0 Å². The summed E-state index contributed by atoms with van der Waals surface area (Å²) in [6, 6.07) is 0. The number of rotatable bonds is 5. The van der Waals surface area contributed by atoms with Crippen LogP contribution >= 0.6 is 11.3 Å². The number of carbonyl (C=O) groups is 1. The third-order valence-corrected chi connectivity index (χ3v) is 3.98. The fourth-order valence-electron chi connectivity index (χ4n) is 1.61.